The predicted molar refractivity (Wildman–Crippen MR) is 58.2 cm³/mol. The molecule has 17 heavy (non-hydrogen) atoms. The fourth-order valence-corrected chi connectivity index (χ4v) is 1.70. The first-order valence-corrected chi connectivity index (χ1v) is 4.85. The Labute approximate surface area is 96.5 Å². The first kappa shape index (κ1) is 11.1. The van der Waals surface area contributed by atoms with Gasteiger partial charge in [0, 0.05) is 6.20 Å². The lowest BCUT2D eigenvalue weighted by molar-refractivity contribution is 0.0597. The van der Waals surface area contributed by atoms with Crippen LogP contribution >= 0.6 is 0 Å². The van der Waals surface area contributed by atoms with Crippen LogP contribution < -0.4 is 0 Å². The van der Waals surface area contributed by atoms with E-state index >= 15 is 0 Å². The average molecular weight is 234 g/mol. The molecule has 0 atom stereocenters. The van der Waals surface area contributed by atoms with Gasteiger partial charge in [-0.25, -0.2) is 14.6 Å². The second-order valence-electron chi connectivity index (χ2n) is 3.49. The number of carbonyl (C=O) groups excluding carboxylic acids is 1. The number of aromatic carboxylic acids is 1. The summed E-state index contributed by atoms with van der Waals surface area (Å²) < 4.78 is 5.95. The number of aryl methyl sites for hydroxylation is 1. The van der Waals surface area contributed by atoms with E-state index in [2.05, 4.69) is 9.72 Å². The van der Waals surface area contributed by atoms with Gasteiger partial charge in [-0.05, 0) is 18.6 Å². The van der Waals surface area contributed by atoms with Gasteiger partial charge in [0.25, 0.3) is 0 Å². The third-order valence-electron chi connectivity index (χ3n) is 2.44. The summed E-state index contributed by atoms with van der Waals surface area (Å²) in [7, 11) is 1.23. The van der Waals surface area contributed by atoms with Crippen molar-refractivity contribution in [2.75, 3.05) is 7.11 Å². The molecule has 2 aromatic rings. The fourth-order valence-electron chi connectivity index (χ4n) is 1.70. The Morgan fingerprint density at radius 3 is 2.76 bits per heavy atom. The van der Waals surface area contributed by atoms with Gasteiger partial charge in [-0.1, -0.05) is 6.07 Å². The maximum Gasteiger partial charge on any atom is 0.372 e. The largest absolute Gasteiger partial charge is 0.475 e. The lowest BCUT2D eigenvalue weighted by atomic mass is 10.2. The highest BCUT2D eigenvalue weighted by atomic mass is 16.5. The molecule has 88 valence electrons. The van der Waals surface area contributed by atoms with Gasteiger partial charge in [0.15, 0.2) is 5.69 Å². The van der Waals surface area contributed by atoms with Crippen LogP contribution in [-0.4, -0.2) is 33.5 Å². The minimum absolute atomic E-state index is 0.0167. The Morgan fingerprint density at radius 2 is 2.18 bits per heavy atom. The van der Waals surface area contributed by atoms with E-state index in [-0.39, 0.29) is 11.5 Å². The van der Waals surface area contributed by atoms with Crippen LogP contribution in [0.2, 0.25) is 0 Å². The van der Waals surface area contributed by atoms with E-state index in [1.807, 2.05) is 0 Å². The third kappa shape index (κ3) is 1.63. The third-order valence-corrected chi connectivity index (χ3v) is 2.44. The molecular formula is C11H10N2O4. The number of aromatic nitrogens is 2. The zero-order chi connectivity index (χ0) is 12.6. The van der Waals surface area contributed by atoms with Gasteiger partial charge in [0.05, 0.1) is 12.6 Å². The molecule has 0 aromatic carbocycles. The monoisotopic (exact) mass is 234 g/mol. The molecular weight excluding hydrogens is 224 g/mol. The van der Waals surface area contributed by atoms with Gasteiger partial charge >= 0.3 is 11.9 Å². The lowest BCUT2D eigenvalue weighted by Gasteiger charge is -2.00. The van der Waals surface area contributed by atoms with Crippen molar-refractivity contribution in [3.8, 4) is 0 Å². The molecule has 2 rings (SSSR count). The summed E-state index contributed by atoms with van der Waals surface area (Å²) in [6, 6.07) is 3.46. The topological polar surface area (TPSA) is 80.9 Å². The van der Waals surface area contributed by atoms with Crippen LogP contribution in [0.1, 0.15) is 26.7 Å². The van der Waals surface area contributed by atoms with Crippen LogP contribution in [-0.2, 0) is 4.74 Å². The molecule has 0 aliphatic heterocycles. The van der Waals surface area contributed by atoms with Crippen molar-refractivity contribution in [1.82, 2.24) is 9.38 Å². The number of ether oxygens (including phenoxy) is 1. The first-order chi connectivity index (χ1) is 8.06. The summed E-state index contributed by atoms with van der Waals surface area (Å²) in [5.74, 6) is -2.05. The van der Waals surface area contributed by atoms with Gasteiger partial charge in [-0.15, -0.1) is 0 Å². The van der Waals surface area contributed by atoms with Crippen LogP contribution in [0, 0.1) is 6.92 Å². The second kappa shape index (κ2) is 3.89. The molecule has 0 saturated carbocycles. The van der Waals surface area contributed by atoms with Gasteiger partial charge in [-0.2, -0.15) is 0 Å². The number of imidazole rings is 1. The van der Waals surface area contributed by atoms with Crippen molar-refractivity contribution in [3.05, 3.63) is 35.4 Å². The summed E-state index contributed by atoms with van der Waals surface area (Å²) in [6.45, 7) is 1.77. The Bertz CT molecular complexity index is 615. The van der Waals surface area contributed by atoms with Crippen LogP contribution in [0.15, 0.2) is 18.3 Å². The minimum Gasteiger partial charge on any atom is -0.475 e. The molecule has 0 radical (unpaired) electrons. The normalized spacial score (nSPS) is 10.5. The number of carboxylic acids is 1. The quantitative estimate of drug-likeness (QED) is 0.787. The highest BCUT2D eigenvalue weighted by Crippen LogP contribution is 2.18. The first-order valence-electron chi connectivity index (χ1n) is 4.85. The van der Waals surface area contributed by atoms with E-state index < -0.39 is 11.9 Å². The summed E-state index contributed by atoms with van der Waals surface area (Å²) in [5.41, 5.74) is 1.23. The number of hydrogen-bond acceptors (Lipinski definition) is 4. The minimum atomic E-state index is -1.19. The van der Waals surface area contributed by atoms with Gasteiger partial charge in [-0.3, -0.25) is 4.40 Å². The number of hydrogen-bond donors (Lipinski definition) is 1. The molecule has 6 heteroatoms. The fraction of sp³-hybridized carbons (Fsp3) is 0.182. The molecule has 0 unspecified atom stereocenters. The van der Waals surface area contributed by atoms with Crippen molar-refractivity contribution < 1.29 is 19.4 Å². The average Bonchev–Trinajstić information content (AvgIpc) is 2.69. The molecule has 0 amide bonds. The van der Waals surface area contributed by atoms with E-state index in [1.165, 1.54) is 11.5 Å². The van der Waals surface area contributed by atoms with Crippen LogP contribution in [0.3, 0.4) is 0 Å². The van der Waals surface area contributed by atoms with Gasteiger partial charge in [0.2, 0.25) is 5.82 Å². The Morgan fingerprint density at radius 1 is 1.47 bits per heavy atom. The SMILES string of the molecule is COC(=O)c1nc(C(=O)O)n2cccc(C)c12. The van der Waals surface area contributed by atoms with E-state index in [9.17, 15) is 9.59 Å². The van der Waals surface area contributed by atoms with Crippen LogP contribution in [0.4, 0.5) is 0 Å². The summed E-state index contributed by atoms with van der Waals surface area (Å²) >= 11 is 0. The van der Waals surface area contributed by atoms with Crippen molar-refractivity contribution >= 4 is 17.5 Å². The summed E-state index contributed by atoms with van der Waals surface area (Å²) in [6.07, 6.45) is 1.55. The van der Waals surface area contributed by atoms with E-state index in [4.69, 9.17) is 5.11 Å². The van der Waals surface area contributed by atoms with E-state index in [0.717, 1.165) is 5.56 Å². The molecule has 0 aliphatic rings. The van der Waals surface area contributed by atoms with Crippen molar-refractivity contribution in [2.24, 2.45) is 0 Å². The molecule has 0 aliphatic carbocycles. The zero-order valence-electron chi connectivity index (χ0n) is 9.30. The number of rotatable bonds is 2. The number of pyridine rings is 1. The zero-order valence-corrected chi connectivity index (χ0v) is 9.30. The van der Waals surface area contributed by atoms with Gasteiger partial charge < -0.3 is 9.84 Å². The highest BCUT2D eigenvalue weighted by Gasteiger charge is 2.22. The predicted octanol–water partition coefficient (Wildman–Crippen LogP) is 1.13. The standard InChI is InChI=1S/C11H10N2O4/c1-6-4-3-5-13-8(6)7(11(16)17-2)12-9(13)10(14)15/h3-5H,1-2H3,(H,14,15). The molecule has 6 nitrogen and oxygen atoms in total. The van der Waals surface area contributed by atoms with E-state index in [0.29, 0.717) is 5.52 Å². The van der Waals surface area contributed by atoms with Crippen molar-refractivity contribution in [1.29, 1.82) is 0 Å². The Kier molecular flexibility index (Phi) is 2.55. The summed E-state index contributed by atoms with van der Waals surface area (Å²) in [4.78, 5) is 26.3. The maximum absolute atomic E-state index is 11.5. The van der Waals surface area contributed by atoms with E-state index in [1.54, 1.807) is 25.3 Å². The number of esters is 1. The number of carboxylic acid groups (broad SMARTS) is 1. The molecule has 0 fully saturated rings. The lowest BCUT2D eigenvalue weighted by Crippen LogP contribution is -2.04. The Hall–Kier alpha value is -2.37. The second-order valence-corrected chi connectivity index (χ2v) is 3.49. The number of fused-ring (bicyclic) bond motifs is 1. The van der Waals surface area contributed by atoms with Crippen LogP contribution in [0.25, 0.3) is 5.52 Å². The molecule has 0 bridgehead atoms. The number of nitrogens with zero attached hydrogens (tertiary/aromatic N) is 2. The highest BCUT2D eigenvalue weighted by molar-refractivity contribution is 5.98. The molecule has 2 heterocycles. The Balaban J connectivity index is 2.85. The number of methoxy groups -OCH3 is 1. The van der Waals surface area contributed by atoms with Gasteiger partial charge in [0.1, 0.15) is 0 Å². The maximum atomic E-state index is 11.5. The van der Waals surface area contributed by atoms with Crippen molar-refractivity contribution in [2.45, 2.75) is 6.92 Å². The molecule has 1 N–H and O–H groups in total. The number of carbonyl (C=O) groups is 2. The van der Waals surface area contributed by atoms with Crippen LogP contribution in [0.5, 0.6) is 0 Å². The van der Waals surface area contributed by atoms with Crippen molar-refractivity contribution in [3.63, 3.8) is 0 Å². The molecule has 0 saturated heterocycles. The smallest absolute Gasteiger partial charge is 0.372 e. The summed E-state index contributed by atoms with van der Waals surface area (Å²) in [5, 5.41) is 9.01. The molecule has 2 aromatic heterocycles. The molecule has 0 spiro atoms.